The first-order valence-electron chi connectivity index (χ1n) is 6.13. The van der Waals surface area contributed by atoms with E-state index < -0.39 is 5.97 Å². The van der Waals surface area contributed by atoms with Crippen LogP contribution in [0.25, 0.3) is 0 Å². The number of aryl methyl sites for hydroxylation is 1. The van der Waals surface area contributed by atoms with Crippen molar-refractivity contribution in [3.63, 3.8) is 0 Å². The van der Waals surface area contributed by atoms with Gasteiger partial charge in [-0.2, -0.15) is 4.98 Å². The van der Waals surface area contributed by atoms with E-state index in [-0.39, 0.29) is 12.2 Å². The standard InChI is InChI=1S/C13H13BrN2O5/c1-3-19-10-5-8(13(17)18)4-9(14)12(10)20-6-11-15-7(2)16-21-11/h4-5H,3,6H2,1-2H3,(H,17,18). The highest BCUT2D eigenvalue weighted by Crippen LogP contribution is 2.37. The maximum absolute atomic E-state index is 11.1. The van der Waals surface area contributed by atoms with Crippen molar-refractivity contribution in [3.8, 4) is 11.5 Å². The molecule has 8 heteroatoms. The van der Waals surface area contributed by atoms with E-state index in [9.17, 15) is 4.79 Å². The summed E-state index contributed by atoms with van der Waals surface area (Å²) in [6.07, 6.45) is 0. The summed E-state index contributed by atoms with van der Waals surface area (Å²) in [7, 11) is 0. The molecule has 112 valence electrons. The number of hydrogen-bond acceptors (Lipinski definition) is 6. The molecule has 0 saturated heterocycles. The molecule has 1 heterocycles. The number of hydrogen-bond donors (Lipinski definition) is 1. The van der Waals surface area contributed by atoms with Crippen LogP contribution < -0.4 is 9.47 Å². The number of carboxylic acids is 1. The Morgan fingerprint density at radius 1 is 1.43 bits per heavy atom. The van der Waals surface area contributed by atoms with Crippen molar-refractivity contribution in [1.82, 2.24) is 10.1 Å². The van der Waals surface area contributed by atoms with Gasteiger partial charge in [-0.15, -0.1) is 0 Å². The first-order valence-corrected chi connectivity index (χ1v) is 6.92. The quantitative estimate of drug-likeness (QED) is 0.849. The second-order valence-electron chi connectivity index (χ2n) is 4.05. The Morgan fingerprint density at radius 2 is 2.19 bits per heavy atom. The maximum Gasteiger partial charge on any atom is 0.335 e. The number of benzene rings is 1. The highest BCUT2D eigenvalue weighted by atomic mass is 79.9. The maximum atomic E-state index is 11.1. The molecule has 0 unspecified atom stereocenters. The molecule has 2 rings (SSSR count). The summed E-state index contributed by atoms with van der Waals surface area (Å²) >= 11 is 3.28. The summed E-state index contributed by atoms with van der Waals surface area (Å²) in [5.74, 6) is 0.511. The minimum Gasteiger partial charge on any atom is -0.490 e. The molecule has 0 aliphatic rings. The molecule has 0 bridgehead atoms. The predicted octanol–water partition coefficient (Wildman–Crippen LogP) is 2.82. The molecular formula is C13H13BrN2O5. The lowest BCUT2D eigenvalue weighted by Gasteiger charge is -2.13. The molecule has 0 spiro atoms. The van der Waals surface area contributed by atoms with E-state index in [0.29, 0.717) is 34.3 Å². The Kier molecular flexibility index (Phi) is 4.79. The topological polar surface area (TPSA) is 94.7 Å². The second-order valence-corrected chi connectivity index (χ2v) is 4.90. The van der Waals surface area contributed by atoms with Crippen molar-refractivity contribution in [2.75, 3.05) is 6.61 Å². The Balaban J connectivity index is 2.26. The third kappa shape index (κ3) is 3.72. The number of nitrogens with zero attached hydrogens (tertiary/aromatic N) is 2. The molecule has 0 aliphatic carbocycles. The zero-order valence-corrected chi connectivity index (χ0v) is 13.0. The van der Waals surface area contributed by atoms with Crippen molar-refractivity contribution in [1.29, 1.82) is 0 Å². The summed E-state index contributed by atoms with van der Waals surface area (Å²) in [5.41, 5.74) is 0.103. The lowest BCUT2D eigenvalue weighted by molar-refractivity contribution is 0.0696. The Labute approximate surface area is 129 Å². The van der Waals surface area contributed by atoms with Gasteiger partial charge in [-0.05, 0) is 41.9 Å². The van der Waals surface area contributed by atoms with Gasteiger partial charge < -0.3 is 19.1 Å². The molecule has 1 aromatic heterocycles. The molecule has 2 aromatic rings. The van der Waals surface area contributed by atoms with Crippen molar-refractivity contribution in [2.45, 2.75) is 20.5 Å². The molecule has 0 radical (unpaired) electrons. The monoisotopic (exact) mass is 356 g/mol. The third-order valence-corrected chi connectivity index (χ3v) is 3.05. The lowest BCUT2D eigenvalue weighted by atomic mass is 10.2. The zero-order valence-electron chi connectivity index (χ0n) is 11.4. The number of aromatic carboxylic acids is 1. The van der Waals surface area contributed by atoms with Crippen LogP contribution in [0, 0.1) is 6.92 Å². The Hall–Kier alpha value is -2.09. The van der Waals surface area contributed by atoms with Gasteiger partial charge in [0.15, 0.2) is 23.9 Å². The highest BCUT2D eigenvalue weighted by molar-refractivity contribution is 9.10. The van der Waals surface area contributed by atoms with Gasteiger partial charge in [0.1, 0.15) is 0 Å². The fourth-order valence-electron chi connectivity index (χ4n) is 1.63. The van der Waals surface area contributed by atoms with Crippen LogP contribution in [-0.2, 0) is 6.61 Å². The second kappa shape index (κ2) is 6.57. The number of carbonyl (C=O) groups is 1. The average Bonchev–Trinajstić information content (AvgIpc) is 2.83. The summed E-state index contributed by atoms with van der Waals surface area (Å²) in [5, 5.41) is 12.7. The van der Waals surface area contributed by atoms with E-state index in [1.165, 1.54) is 12.1 Å². The van der Waals surface area contributed by atoms with Crippen molar-refractivity contribution < 1.29 is 23.9 Å². The Bertz CT molecular complexity index is 656. The van der Waals surface area contributed by atoms with E-state index in [2.05, 4.69) is 26.1 Å². The van der Waals surface area contributed by atoms with E-state index >= 15 is 0 Å². The summed E-state index contributed by atoms with van der Waals surface area (Å²) in [4.78, 5) is 15.1. The minimum atomic E-state index is -1.05. The molecule has 7 nitrogen and oxygen atoms in total. The van der Waals surface area contributed by atoms with Crippen LogP contribution in [0.2, 0.25) is 0 Å². The largest absolute Gasteiger partial charge is 0.490 e. The molecular weight excluding hydrogens is 344 g/mol. The van der Waals surface area contributed by atoms with Crippen LogP contribution in [-0.4, -0.2) is 27.8 Å². The molecule has 0 fully saturated rings. The third-order valence-electron chi connectivity index (χ3n) is 2.47. The zero-order chi connectivity index (χ0) is 15.4. The Morgan fingerprint density at radius 3 is 2.76 bits per heavy atom. The fraction of sp³-hybridized carbons (Fsp3) is 0.308. The van der Waals surface area contributed by atoms with E-state index in [4.69, 9.17) is 19.1 Å². The van der Waals surface area contributed by atoms with Gasteiger partial charge in [0.25, 0.3) is 5.89 Å². The number of halogens is 1. The molecule has 0 amide bonds. The summed E-state index contributed by atoms with van der Waals surface area (Å²) in [6.45, 7) is 3.94. The molecule has 1 N–H and O–H groups in total. The van der Waals surface area contributed by atoms with Gasteiger partial charge in [-0.1, -0.05) is 5.16 Å². The smallest absolute Gasteiger partial charge is 0.335 e. The summed E-state index contributed by atoms with van der Waals surface area (Å²) in [6, 6.07) is 2.85. The van der Waals surface area contributed by atoms with E-state index in [1.54, 1.807) is 13.8 Å². The fourth-order valence-corrected chi connectivity index (χ4v) is 2.18. The van der Waals surface area contributed by atoms with Crippen molar-refractivity contribution in [3.05, 3.63) is 33.9 Å². The number of aromatic nitrogens is 2. The SMILES string of the molecule is CCOc1cc(C(=O)O)cc(Br)c1OCc1nc(C)no1. The van der Waals surface area contributed by atoms with Crippen LogP contribution in [0.3, 0.4) is 0 Å². The van der Waals surface area contributed by atoms with Crippen molar-refractivity contribution in [2.24, 2.45) is 0 Å². The molecule has 0 saturated carbocycles. The normalized spacial score (nSPS) is 10.4. The van der Waals surface area contributed by atoms with Crippen LogP contribution in [0.1, 0.15) is 29.0 Å². The lowest BCUT2D eigenvalue weighted by Crippen LogP contribution is -2.04. The van der Waals surface area contributed by atoms with Gasteiger partial charge in [-0.25, -0.2) is 4.79 Å². The van der Waals surface area contributed by atoms with Gasteiger partial charge in [0.2, 0.25) is 0 Å². The van der Waals surface area contributed by atoms with Crippen LogP contribution in [0.4, 0.5) is 0 Å². The van der Waals surface area contributed by atoms with Gasteiger partial charge in [-0.3, -0.25) is 0 Å². The molecule has 0 atom stereocenters. The first-order chi connectivity index (χ1) is 10.0. The van der Waals surface area contributed by atoms with Crippen LogP contribution in [0.5, 0.6) is 11.5 Å². The minimum absolute atomic E-state index is 0.0614. The predicted molar refractivity (Wildman–Crippen MR) is 75.6 cm³/mol. The first kappa shape index (κ1) is 15.3. The summed E-state index contributed by atoms with van der Waals surface area (Å²) < 4.78 is 16.4. The van der Waals surface area contributed by atoms with Crippen LogP contribution >= 0.6 is 15.9 Å². The molecule has 21 heavy (non-hydrogen) atoms. The molecule has 0 aliphatic heterocycles. The average molecular weight is 357 g/mol. The van der Waals surface area contributed by atoms with Crippen molar-refractivity contribution >= 4 is 21.9 Å². The van der Waals surface area contributed by atoms with Gasteiger partial charge >= 0.3 is 5.97 Å². The van der Waals surface area contributed by atoms with Gasteiger partial charge in [0, 0.05) is 0 Å². The van der Waals surface area contributed by atoms with E-state index in [0.717, 1.165) is 0 Å². The van der Waals surface area contributed by atoms with Gasteiger partial charge in [0.05, 0.1) is 16.6 Å². The number of carboxylic acid groups (broad SMARTS) is 1. The number of rotatable bonds is 6. The molecule has 1 aromatic carbocycles. The van der Waals surface area contributed by atoms with Crippen LogP contribution in [0.15, 0.2) is 21.1 Å². The highest BCUT2D eigenvalue weighted by Gasteiger charge is 2.16. The number of ether oxygens (including phenoxy) is 2. The van der Waals surface area contributed by atoms with E-state index in [1.807, 2.05) is 0 Å².